The van der Waals surface area contributed by atoms with Crippen molar-refractivity contribution < 1.29 is 5.11 Å². The fraction of sp³-hybridized carbons (Fsp3) is 0.438. The smallest absolute Gasteiger partial charge is 0.0708 e. The molecule has 0 fully saturated rings. The van der Waals surface area contributed by atoms with Gasteiger partial charge in [0, 0.05) is 10.6 Å². The molecule has 0 aliphatic heterocycles. The van der Waals surface area contributed by atoms with Gasteiger partial charge in [-0.2, -0.15) is 5.10 Å². The van der Waals surface area contributed by atoms with Crippen LogP contribution in [-0.2, 0) is 6.54 Å². The van der Waals surface area contributed by atoms with Crippen molar-refractivity contribution in [2.24, 2.45) is 5.41 Å². The number of aliphatic hydroxyl groups is 1. The number of rotatable bonds is 2. The van der Waals surface area contributed by atoms with Gasteiger partial charge in [0.05, 0.1) is 24.2 Å². The van der Waals surface area contributed by atoms with Crippen molar-refractivity contribution in [1.82, 2.24) is 9.78 Å². The summed E-state index contributed by atoms with van der Waals surface area (Å²) in [6.45, 7) is 8.95. The van der Waals surface area contributed by atoms with Crippen LogP contribution in [-0.4, -0.2) is 21.0 Å². The Morgan fingerprint density at radius 2 is 2.16 bits per heavy atom. The lowest BCUT2D eigenvalue weighted by Crippen LogP contribution is -2.32. The van der Waals surface area contributed by atoms with E-state index in [1.165, 1.54) is 21.9 Å². The zero-order valence-electron chi connectivity index (χ0n) is 11.9. The SMILES string of the molecule is CC1=C2C=c3c(cnn3CC(C)O)=C2C(C)(C)C=C1. The predicted molar refractivity (Wildman–Crippen MR) is 76.7 cm³/mol. The van der Waals surface area contributed by atoms with Crippen molar-refractivity contribution >= 4 is 11.6 Å². The van der Waals surface area contributed by atoms with Gasteiger partial charge in [0.25, 0.3) is 0 Å². The highest BCUT2D eigenvalue weighted by molar-refractivity contribution is 5.88. The Morgan fingerprint density at radius 1 is 1.42 bits per heavy atom. The Bertz CT molecular complexity index is 714. The molecule has 0 saturated carbocycles. The Morgan fingerprint density at radius 3 is 2.84 bits per heavy atom. The quantitative estimate of drug-likeness (QED) is 0.861. The van der Waals surface area contributed by atoms with Crippen molar-refractivity contribution in [3.63, 3.8) is 0 Å². The topological polar surface area (TPSA) is 38.0 Å². The first-order valence-corrected chi connectivity index (χ1v) is 6.77. The number of allylic oxidation sites excluding steroid dienone is 4. The molecule has 1 aromatic heterocycles. The lowest BCUT2D eigenvalue weighted by atomic mass is 9.75. The van der Waals surface area contributed by atoms with Crippen molar-refractivity contribution in [2.75, 3.05) is 0 Å². The maximum absolute atomic E-state index is 9.56. The van der Waals surface area contributed by atoms with Gasteiger partial charge in [-0.05, 0) is 36.6 Å². The maximum Gasteiger partial charge on any atom is 0.0708 e. The highest BCUT2D eigenvalue weighted by Gasteiger charge is 2.30. The second-order valence-corrected chi connectivity index (χ2v) is 6.15. The highest BCUT2D eigenvalue weighted by Crippen LogP contribution is 2.40. The number of fused-ring (bicyclic) bond motifs is 2. The van der Waals surface area contributed by atoms with Gasteiger partial charge in [0.15, 0.2) is 0 Å². The normalized spacial score (nSPS) is 21.2. The lowest BCUT2D eigenvalue weighted by molar-refractivity contribution is 0.167. The van der Waals surface area contributed by atoms with E-state index in [-0.39, 0.29) is 11.5 Å². The van der Waals surface area contributed by atoms with E-state index in [4.69, 9.17) is 0 Å². The minimum absolute atomic E-state index is 0.0370. The molecular formula is C16H20N2O. The van der Waals surface area contributed by atoms with Crippen LogP contribution in [0.3, 0.4) is 0 Å². The summed E-state index contributed by atoms with van der Waals surface area (Å²) < 4.78 is 1.90. The first-order chi connectivity index (χ1) is 8.90. The Hall–Kier alpha value is -1.61. The maximum atomic E-state index is 9.56. The molecule has 0 bridgehead atoms. The molecule has 0 saturated heterocycles. The molecule has 1 aromatic rings. The number of hydrogen-bond donors (Lipinski definition) is 1. The van der Waals surface area contributed by atoms with E-state index in [0.717, 1.165) is 5.35 Å². The summed E-state index contributed by atoms with van der Waals surface area (Å²) >= 11 is 0. The van der Waals surface area contributed by atoms with Gasteiger partial charge in [0.2, 0.25) is 0 Å². The van der Waals surface area contributed by atoms with E-state index in [1.54, 1.807) is 6.92 Å². The molecule has 2 aliphatic carbocycles. The van der Waals surface area contributed by atoms with E-state index in [1.807, 2.05) is 10.9 Å². The van der Waals surface area contributed by atoms with E-state index < -0.39 is 0 Å². The average molecular weight is 256 g/mol. The minimum atomic E-state index is -0.383. The number of aromatic nitrogens is 2. The van der Waals surface area contributed by atoms with Gasteiger partial charge in [-0.15, -0.1) is 0 Å². The van der Waals surface area contributed by atoms with Crippen LogP contribution in [0.15, 0.2) is 29.5 Å². The number of hydrogen-bond acceptors (Lipinski definition) is 2. The molecule has 0 aromatic carbocycles. The van der Waals surface area contributed by atoms with Gasteiger partial charge >= 0.3 is 0 Å². The first kappa shape index (κ1) is 12.4. The third-order valence-corrected chi connectivity index (χ3v) is 3.96. The number of nitrogens with zero attached hydrogens (tertiary/aromatic N) is 2. The molecule has 0 spiro atoms. The Balaban J connectivity index is 2.28. The van der Waals surface area contributed by atoms with Crippen molar-refractivity contribution in [1.29, 1.82) is 0 Å². The summed E-state index contributed by atoms with van der Waals surface area (Å²) in [5.41, 5.74) is 4.02. The van der Waals surface area contributed by atoms with E-state index in [2.05, 4.69) is 44.1 Å². The monoisotopic (exact) mass is 256 g/mol. The first-order valence-electron chi connectivity index (χ1n) is 6.77. The average Bonchev–Trinajstić information content (AvgIpc) is 2.84. The zero-order chi connectivity index (χ0) is 13.8. The summed E-state index contributed by atoms with van der Waals surface area (Å²) in [7, 11) is 0. The molecule has 1 N–H and O–H groups in total. The Kier molecular flexibility index (Phi) is 2.58. The van der Waals surface area contributed by atoms with Crippen LogP contribution in [0.4, 0.5) is 0 Å². The minimum Gasteiger partial charge on any atom is -0.391 e. The molecule has 19 heavy (non-hydrogen) atoms. The number of aliphatic hydroxyl groups excluding tert-OH is 1. The van der Waals surface area contributed by atoms with Gasteiger partial charge in [-0.1, -0.05) is 26.0 Å². The van der Waals surface area contributed by atoms with Crippen LogP contribution >= 0.6 is 0 Å². The van der Waals surface area contributed by atoms with Gasteiger partial charge < -0.3 is 5.11 Å². The van der Waals surface area contributed by atoms with Crippen molar-refractivity contribution in [3.8, 4) is 0 Å². The van der Waals surface area contributed by atoms with Crippen LogP contribution in [0.5, 0.6) is 0 Å². The molecular weight excluding hydrogens is 236 g/mol. The lowest BCUT2D eigenvalue weighted by Gasteiger charge is -2.28. The predicted octanol–water partition coefficient (Wildman–Crippen LogP) is 1.12. The third-order valence-electron chi connectivity index (χ3n) is 3.96. The molecule has 100 valence electrons. The fourth-order valence-corrected chi connectivity index (χ4v) is 3.00. The van der Waals surface area contributed by atoms with E-state index in [0.29, 0.717) is 6.54 Å². The van der Waals surface area contributed by atoms with E-state index >= 15 is 0 Å². The highest BCUT2D eigenvalue weighted by atomic mass is 16.3. The van der Waals surface area contributed by atoms with Crippen LogP contribution in [0.1, 0.15) is 27.7 Å². The molecule has 1 unspecified atom stereocenters. The molecule has 3 nitrogen and oxygen atoms in total. The van der Waals surface area contributed by atoms with Crippen molar-refractivity contribution in [3.05, 3.63) is 40.1 Å². The van der Waals surface area contributed by atoms with Gasteiger partial charge in [-0.25, -0.2) is 0 Å². The molecule has 0 amide bonds. The molecule has 3 heteroatoms. The molecule has 1 heterocycles. The van der Waals surface area contributed by atoms with Crippen molar-refractivity contribution in [2.45, 2.75) is 40.3 Å². The van der Waals surface area contributed by atoms with Crippen LogP contribution in [0.2, 0.25) is 0 Å². The third kappa shape index (κ3) is 1.80. The Labute approximate surface area is 113 Å². The van der Waals surface area contributed by atoms with Gasteiger partial charge in [0.1, 0.15) is 0 Å². The second-order valence-electron chi connectivity index (χ2n) is 6.15. The zero-order valence-corrected chi connectivity index (χ0v) is 11.9. The molecule has 2 aliphatic rings. The van der Waals surface area contributed by atoms with E-state index in [9.17, 15) is 5.11 Å². The van der Waals surface area contributed by atoms with Crippen LogP contribution in [0.25, 0.3) is 11.6 Å². The summed E-state index contributed by atoms with van der Waals surface area (Å²) in [5, 5.41) is 16.3. The summed E-state index contributed by atoms with van der Waals surface area (Å²) in [5.74, 6) is 0. The second kappa shape index (κ2) is 3.94. The fourth-order valence-electron chi connectivity index (χ4n) is 3.00. The molecule has 0 radical (unpaired) electrons. The molecule has 3 rings (SSSR count). The standard InChI is InChI=1S/C16H20N2O/c1-10-5-6-16(3,4)15-12(10)7-14-13(15)8-17-18(14)9-11(2)19/h5-8,11,19H,9H2,1-4H3. The summed E-state index contributed by atoms with van der Waals surface area (Å²) in [4.78, 5) is 0. The largest absolute Gasteiger partial charge is 0.391 e. The summed E-state index contributed by atoms with van der Waals surface area (Å²) in [6, 6.07) is 0. The van der Waals surface area contributed by atoms with Crippen LogP contribution in [0, 0.1) is 5.41 Å². The molecule has 1 atom stereocenters. The van der Waals surface area contributed by atoms with Crippen LogP contribution < -0.4 is 10.6 Å². The summed E-state index contributed by atoms with van der Waals surface area (Å²) in [6.07, 6.45) is 8.22. The van der Waals surface area contributed by atoms with Gasteiger partial charge in [-0.3, -0.25) is 4.68 Å².